The zero-order chi connectivity index (χ0) is 15.5. The summed E-state index contributed by atoms with van der Waals surface area (Å²) >= 11 is 0. The molecule has 3 rings (SSSR count). The van der Waals surface area contributed by atoms with Gasteiger partial charge in [0, 0.05) is 31.1 Å². The van der Waals surface area contributed by atoms with Crippen LogP contribution in [0.25, 0.3) is 0 Å². The first-order chi connectivity index (χ1) is 10.6. The van der Waals surface area contributed by atoms with Crippen molar-refractivity contribution < 1.29 is 4.79 Å². The van der Waals surface area contributed by atoms with E-state index in [0.29, 0.717) is 17.9 Å². The van der Waals surface area contributed by atoms with Crippen molar-refractivity contribution in [1.29, 1.82) is 0 Å². The first-order valence-corrected chi connectivity index (χ1v) is 9.42. The van der Waals surface area contributed by atoms with Crippen LogP contribution in [0.5, 0.6) is 0 Å². The van der Waals surface area contributed by atoms with Gasteiger partial charge in [-0.2, -0.15) is 0 Å². The van der Waals surface area contributed by atoms with Gasteiger partial charge < -0.3 is 14.7 Å². The van der Waals surface area contributed by atoms with Crippen LogP contribution >= 0.6 is 0 Å². The van der Waals surface area contributed by atoms with Gasteiger partial charge in [0.25, 0.3) is 0 Å². The van der Waals surface area contributed by atoms with Crippen LogP contribution in [0.3, 0.4) is 0 Å². The number of carbonyl (C=O) groups excluding carboxylic acids is 1. The fourth-order valence-electron chi connectivity index (χ4n) is 4.48. The molecule has 0 radical (unpaired) electrons. The normalized spacial score (nSPS) is 27.0. The molecule has 0 unspecified atom stereocenters. The van der Waals surface area contributed by atoms with E-state index in [1.54, 1.807) is 0 Å². The molecule has 4 nitrogen and oxygen atoms in total. The lowest BCUT2D eigenvalue weighted by atomic mass is 9.93. The molecule has 3 aliphatic rings. The van der Waals surface area contributed by atoms with Crippen molar-refractivity contribution in [3.63, 3.8) is 0 Å². The summed E-state index contributed by atoms with van der Waals surface area (Å²) in [6.45, 7) is 11.3. The summed E-state index contributed by atoms with van der Waals surface area (Å²) < 4.78 is 0. The van der Waals surface area contributed by atoms with E-state index in [9.17, 15) is 4.79 Å². The third-order valence-corrected chi connectivity index (χ3v) is 6.04. The molecule has 0 aliphatic carbocycles. The van der Waals surface area contributed by atoms with Crippen LogP contribution in [0.15, 0.2) is 0 Å². The molecule has 0 spiro atoms. The number of likely N-dealkylation sites (tertiary alicyclic amines) is 3. The Labute approximate surface area is 135 Å². The Morgan fingerprint density at radius 1 is 0.864 bits per heavy atom. The Morgan fingerprint density at radius 3 is 2.00 bits per heavy atom. The van der Waals surface area contributed by atoms with Crippen molar-refractivity contribution in [2.75, 3.05) is 39.3 Å². The molecule has 3 heterocycles. The van der Waals surface area contributed by atoms with Gasteiger partial charge in [0.2, 0.25) is 5.91 Å². The SMILES string of the molecule is CC(C)N1CCC(C(=O)N2CCC(N3CCCC3)CC2)CC1. The third-order valence-electron chi connectivity index (χ3n) is 6.04. The Hall–Kier alpha value is -0.610. The fraction of sp³-hybridized carbons (Fsp3) is 0.944. The monoisotopic (exact) mass is 307 g/mol. The van der Waals surface area contributed by atoms with Gasteiger partial charge in [-0.05, 0) is 78.6 Å². The van der Waals surface area contributed by atoms with Gasteiger partial charge in [0.1, 0.15) is 0 Å². The summed E-state index contributed by atoms with van der Waals surface area (Å²) in [5.74, 6) is 0.738. The van der Waals surface area contributed by atoms with Crippen molar-refractivity contribution in [2.24, 2.45) is 5.92 Å². The minimum absolute atomic E-state index is 0.290. The van der Waals surface area contributed by atoms with Crippen molar-refractivity contribution >= 4 is 5.91 Å². The van der Waals surface area contributed by atoms with E-state index in [1.807, 2.05) is 0 Å². The van der Waals surface area contributed by atoms with Gasteiger partial charge in [0.15, 0.2) is 0 Å². The van der Waals surface area contributed by atoms with E-state index in [4.69, 9.17) is 0 Å². The molecule has 3 saturated heterocycles. The summed E-state index contributed by atoms with van der Waals surface area (Å²) in [4.78, 5) is 20.1. The molecular formula is C18H33N3O. The molecule has 0 aromatic carbocycles. The minimum atomic E-state index is 0.290. The highest BCUT2D eigenvalue weighted by atomic mass is 16.2. The van der Waals surface area contributed by atoms with Crippen molar-refractivity contribution in [3.05, 3.63) is 0 Å². The summed E-state index contributed by atoms with van der Waals surface area (Å²) in [7, 11) is 0. The van der Waals surface area contributed by atoms with Crippen molar-refractivity contribution in [1.82, 2.24) is 14.7 Å². The lowest BCUT2D eigenvalue weighted by molar-refractivity contribution is -0.138. The number of amides is 1. The highest BCUT2D eigenvalue weighted by Gasteiger charge is 2.33. The average Bonchev–Trinajstić information content (AvgIpc) is 3.09. The van der Waals surface area contributed by atoms with E-state index in [-0.39, 0.29) is 0 Å². The summed E-state index contributed by atoms with van der Waals surface area (Å²) in [6, 6.07) is 1.36. The summed E-state index contributed by atoms with van der Waals surface area (Å²) in [6.07, 6.45) is 7.24. The van der Waals surface area contributed by atoms with Crippen LogP contribution in [0, 0.1) is 5.92 Å². The van der Waals surface area contributed by atoms with E-state index in [2.05, 4.69) is 28.5 Å². The van der Waals surface area contributed by atoms with Crippen LogP contribution in [-0.2, 0) is 4.79 Å². The second-order valence-electron chi connectivity index (χ2n) is 7.70. The fourth-order valence-corrected chi connectivity index (χ4v) is 4.48. The van der Waals surface area contributed by atoms with Crippen molar-refractivity contribution in [2.45, 2.75) is 64.5 Å². The molecule has 1 amide bonds. The number of rotatable bonds is 3. The van der Waals surface area contributed by atoms with Gasteiger partial charge in [0.05, 0.1) is 0 Å². The quantitative estimate of drug-likeness (QED) is 0.800. The lowest BCUT2D eigenvalue weighted by Crippen LogP contribution is -2.49. The maximum absolute atomic E-state index is 12.8. The second-order valence-corrected chi connectivity index (χ2v) is 7.70. The first kappa shape index (κ1) is 16.3. The Kier molecular flexibility index (Phi) is 5.40. The summed E-state index contributed by atoms with van der Waals surface area (Å²) in [5, 5.41) is 0. The molecule has 0 aromatic heterocycles. The van der Waals surface area contributed by atoms with Crippen LogP contribution in [0.1, 0.15) is 52.4 Å². The first-order valence-electron chi connectivity index (χ1n) is 9.42. The Bertz CT molecular complexity index is 363. The molecule has 126 valence electrons. The molecule has 0 bridgehead atoms. The topological polar surface area (TPSA) is 26.8 Å². The predicted molar refractivity (Wildman–Crippen MR) is 89.8 cm³/mol. The highest BCUT2D eigenvalue weighted by molar-refractivity contribution is 5.79. The van der Waals surface area contributed by atoms with Crippen LogP contribution < -0.4 is 0 Å². The van der Waals surface area contributed by atoms with Gasteiger partial charge in [-0.3, -0.25) is 4.79 Å². The maximum Gasteiger partial charge on any atom is 0.225 e. The maximum atomic E-state index is 12.8. The standard InChI is InChI=1S/C18H33N3O/c1-15(2)19-11-5-16(6-12-19)18(22)21-13-7-17(8-14-21)20-9-3-4-10-20/h15-17H,3-14H2,1-2H3. The van der Waals surface area contributed by atoms with E-state index >= 15 is 0 Å². The summed E-state index contributed by atoms with van der Waals surface area (Å²) in [5.41, 5.74) is 0. The number of nitrogens with zero attached hydrogens (tertiary/aromatic N) is 3. The highest BCUT2D eigenvalue weighted by Crippen LogP contribution is 2.25. The molecule has 0 aromatic rings. The zero-order valence-electron chi connectivity index (χ0n) is 14.5. The van der Waals surface area contributed by atoms with Gasteiger partial charge in [-0.15, -0.1) is 0 Å². The number of piperidine rings is 2. The second kappa shape index (κ2) is 7.31. The molecule has 3 fully saturated rings. The minimum Gasteiger partial charge on any atom is -0.342 e. The molecular weight excluding hydrogens is 274 g/mol. The number of carbonyl (C=O) groups is 1. The van der Waals surface area contributed by atoms with Crippen LogP contribution in [-0.4, -0.2) is 72.0 Å². The Morgan fingerprint density at radius 2 is 1.45 bits per heavy atom. The Balaban J connectivity index is 1.44. The van der Waals surface area contributed by atoms with E-state index in [1.165, 1.54) is 38.8 Å². The number of hydrogen-bond donors (Lipinski definition) is 0. The van der Waals surface area contributed by atoms with Gasteiger partial charge in [-0.25, -0.2) is 0 Å². The van der Waals surface area contributed by atoms with Crippen LogP contribution in [0.4, 0.5) is 0 Å². The third kappa shape index (κ3) is 3.65. The predicted octanol–water partition coefficient (Wildman–Crippen LogP) is 2.19. The molecule has 0 N–H and O–H groups in total. The molecule has 0 saturated carbocycles. The smallest absolute Gasteiger partial charge is 0.225 e. The largest absolute Gasteiger partial charge is 0.342 e. The number of hydrogen-bond acceptors (Lipinski definition) is 3. The van der Waals surface area contributed by atoms with E-state index < -0.39 is 0 Å². The average molecular weight is 307 g/mol. The molecule has 22 heavy (non-hydrogen) atoms. The van der Waals surface area contributed by atoms with Gasteiger partial charge >= 0.3 is 0 Å². The van der Waals surface area contributed by atoms with Crippen molar-refractivity contribution in [3.8, 4) is 0 Å². The van der Waals surface area contributed by atoms with E-state index in [0.717, 1.165) is 45.1 Å². The zero-order valence-corrected chi connectivity index (χ0v) is 14.5. The van der Waals surface area contributed by atoms with Crippen LogP contribution in [0.2, 0.25) is 0 Å². The molecule has 3 aliphatic heterocycles. The molecule has 4 heteroatoms. The molecule has 0 atom stereocenters. The van der Waals surface area contributed by atoms with Gasteiger partial charge in [-0.1, -0.05) is 0 Å². The lowest BCUT2D eigenvalue weighted by Gasteiger charge is -2.40.